The minimum atomic E-state index is -0.537. The fourth-order valence-corrected chi connectivity index (χ4v) is 3.07. The highest BCUT2D eigenvalue weighted by atomic mass is 32.2. The second kappa shape index (κ2) is 8.16. The van der Waals surface area contributed by atoms with Gasteiger partial charge in [-0.2, -0.15) is 0 Å². The van der Waals surface area contributed by atoms with Crippen LogP contribution in [0.15, 0.2) is 33.9 Å². The van der Waals surface area contributed by atoms with Gasteiger partial charge in [-0.25, -0.2) is 9.18 Å². The van der Waals surface area contributed by atoms with Gasteiger partial charge in [0.15, 0.2) is 0 Å². The van der Waals surface area contributed by atoms with Crippen molar-refractivity contribution in [3.8, 4) is 0 Å². The number of amides is 4. The van der Waals surface area contributed by atoms with Crippen molar-refractivity contribution in [3.63, 3.8) is 0 Å². The van der Waals surface area contributed by atoms with E-state index in [1.54, 1.807) is 13.0 Å². The van der Waals surface area contributed by atoms with Crippen molar-refractivity contribution in [1.29, 1.82) is 0 Å². The monoisotopic (exact) mass is 393 g/mol. The van der Waals surface area contributed by atoms with Crippen LogP contribution in [0.1, 0.15) is 12.8 Å². The van der Waals surface area contributed by atoms with E-state index in [1.165, 1.54) is 18.2 Å². The summed E-state index contributed by atoms with van der Waals surface area (Å²) in [5.74, 6) is -1.73. The molecular formula is C16H16FN5O4S. The number of anilines is 1. The van der Waals surface area contributed by atoms with Gasteiger partial charge in [0, 0.05) is 12.5 Å². The van der Waals surface area contributed by atoms with Crippen LogP contribution in [0.25, 0.3) is 0 Å². The summed E-state index contributed by atoms with van der Waals surface area (Å²) in [6.45, 7) is 1.71. The second-order valence-corrected chi connectivity index (χ2v) is 6.77. The lowest BCUT2D eigenvalue weighted by molar-refractivity contribution is -0.125. The molecule has 9 nitrogen and oxygen atoms in total. The zero-order valence-corrected chi connectivity index (χ0v) is 15.0. The van der Waals surface area contributed by atoms with Crippen LogP contribution >= 0.6 is 11.8 Å². The Balaban J connectivity index is 1.52. The van der Waals surface area contributed by atoms with Crippen LogP contribution in [0.4, 0.5) is 14.9 Å². The Kier molecular flexibility index (Phi) is 5.69. The molecule has 27 heavy (non-hydrogen) atoms. The number of nitrogens with zero attached hydrogens (tertiary/aromatic N) is 2. The molecule has 4 amide bonds. The largest absolute Gasteiger partial charge is 0.416 e. The normalized spacial score (nSPS) is 19.3. The highest BCUT2D eigenvalue weighted by molar-refractivity contribution is 7.99. The number of carbonyl (C=O) groups is 3. The molecule has 3 N–H and O–H groups in total. The third kappa shape index (κ3) is 4.82. The van der Waals surface area contributed by atoms with Crippen LogP contribution in [0.5, 0.6) is 0 Å². The number of thioether (sulfide) groups is 1. The third-order valence-electron chi connectivity index (χ3n) is 3.85. The van der Waals surface area contributed by atoms with E-state index < -0.39 is 29.6 Å². The predicted octanol–water partition coefficient (Wildman–Crippen LogP) is 1.33. The number of imide groups is 1. The number of para-hydroxylation sites is 1. The van der Waals surface area contributed by atoms with Gasteiger partial charge in [0.05, 0.1) is 17.4 Å². The molecule has 2 atom stereocenters. The van der Waals surface area contributed by atoms with E-state index in [4.69, 9.17) is 4.42 Å². The van der Waals surface area contributed by atoms with Crippen molar-refractivity contribution in [3.05, 3.63) is 36.0 Å². The molecule has 1 aliphatic rings. The molecule has 0 aliphatic carbocycles. The number of aromatic nitrogens is 2. The van der Waals surface area contributed by atoms with Crippen LogP contribution in [-0.2, 0) is 16.0 Å². The second-order valence-electron chi connectivity index (χ2n) is 5.84. The predicted molar refractivity (Wildman–Crippen MR) is 93.4 cm³/mol. The van der Waals surface area contributed by atoms with Crippen LogP contribution in [0.3, 0.4) is 0 Å². The SMILES string of the molecule is CC1NC(=O)NC(=O)C1Cc1nnc(SCC(=O)Nc2ccccc2F)o1. The standard InChI is InChI=1S/C16H16FN5O4S/c1-8-9(14(24)20-15(25)18-8)6-13-21-22-16(26-13)27-7-12(23)19-11-5-3-2-4-10(11)17/h2-5,8-9H,6-7H2,1H3,(H,19,23)(H2,18,20,24,25). The molecular weight excluding hydrogens is 377 g/mol. The van der Waals surface area contributed by atoms with Crippen molar-refractivity contribution in [2.45, 2.75) is 24.6 Å². The van der Waals surface area contributed by atoms with Crippen LogP contribution in [0, 0.1) is 11.7 Å². The van der Waals surface area contributed by atoms with Gasteiger partial charge in [0.2, 0.25) is 17.7 Å². The number of urea groups is 1. The zero-order valence-electron chi connectivity index (χ0n) is 14.2. The highest BCUT2D eigenvalue weighted by Gasteiger charge is 2.34. The molecule has 2 aromatic rings. The fraction of sp³-hybridized carbons (Fsp3) is 0.312. The first-order valence-electron chi connectivity index (χ1n) is 8.03. The summed E-state index contributed by atoms with van der Waals surface area (Å²) in [6, 6.07) is 4.93. The number of hydrogen-bond acceptors (Lipinski definition) is 7. The molecule has 0 spiro atoms. The molecule has 1 fully saturated rings. The van der Waals surface area contributed by atoms with Gasteiger partial charge in [0.25, 0.3) is 5.22 Å². The van der Waals surface area contributed by atoms with E-state index in [2.05, 4.69) is 26.1 Å². The topological polar surface area (TPSA) is 126 Å². The van der Waals surface area contributed by atoms with E-state index in [9.17, 15) is 18.8 Å². The fourth-order valence-electron chi connectivity index (χ4n) is 2.49. The van der Waals surface area contributed by atoms with Gasteiger partial charge in [0.1, 0.15) is 5.82 Å². The minimum Gasteiger partial charge on any atom is -0.416 e. The molecule has 1 aromatic carbocycles. The molecule has 3 rings (SSSR count). The van der Waals surface area contributed by atoms with Crippen LogP contribution < -0.4 is 16.0 Å². The summed E-state index contributed by atoms with van der Waals surface area (Å²) in [4.78, 5) is 35.0. The molecule has 1 aliphatic heterocycles. The smallest absolute Gasteiger partial charge is 0.321 e. The zero-order chi connectivity index (χ0) is 19.4. The van der Waals surface area contributed by atoms with Gasteiger partial charge in [-0.3, -0.25) is 14.9 Å². The maximum atomic E-state index is 13.5. The number of benzene rings is 1. The Morgan fingerprint density at radius 3 is 2.85 bits per heavy atom. The average Bonchev–Trinajstić information content (AvgIpc) is 3.06. The van der Waals surface area contributed by atoms with E-state index in [0.717, 1.165) is 11.8 Å². The molecule has 0 saturated carbocycles. The molecule has 11 heteroatoms. The van der Waals surface area contributed by atoms with E-state index in [1.807, 2.05) is 0 Å². The molecule has 142 valence electrons. The van der Waals surface area contributed by atoms with E-state index in [0.29, 0.717) is 0 Å². The Hall–Kier alpha value is -2.95. The summed E-state index contributed by atoms with van der Waals surface area (Å²) in [7, 11) is 0. The first-order chi connectivity index (χ1) is 12.9. The maximum absolute atomic E-state index is 13.5. The lowest BCUT2D eigenvalue weighted by atomic mass is 9.95. The maximum Gasteiger partial charge on any atom is 0.321 e. The summed E-state index contributed by atoms with van der Waals surface area (Å²) in [6.07, 6.45) is 0.155. The summed E-state index contributed by atoms with van der Waals surface area (Å²) < 4.78 is 18.9. The van der Waals surface area contributed by atoms with Crippen LogP contribution in [-0.4, -0.2) is 39.8 Å². The third-order valence-corrected chi connectivity index (χ3v) is 4.67. The van der Waals surface area contributed by atoms with Crippen molar-refractivity contribution in [2.75, 3.05) is 11.1 Å². The van der Waals surface area contributed by atoms with Crippen molar-refractivity contribution in [1.82, 2.24) is 20.8 Å². The van der Waals surface area contributed by atoms with Gasteiger partial charge in [-0.05, 0) is 19.1 Å². The molecule has 1 aromatic heterocycles. The highest BCUT2D eigenvalue weighted by Crippen LogP contribution is 2.20. The van der Waals surface area contributed by atoms with Crippen molar-refractivity contribution >= 4 is 35.3 Å². The number of halogens is 1. The summed E-state index contributed by atoms with van der Waals surface area (Å²) in [5, 5.41) is 15.1. The molecule has 1 saturated heterocycles. The van der Waals surface area contributed by atoms with Crippen LogP contribution in [0.2, 0.25) is 0 Å². The minimum absolute atomic E-state index is 0.0493. The van der Waals surface area contributed by atoms with Crippen molar-refractivity contribution < 1.29 is 23.2 Å². The molecule has 2 heterocycles. The lowest BCUT2D eigenvalue weighted by Gasteiger charge is -2.27. The lowest BCUT2D eigenvalue weighted by Crippen LogP contribution is -2.57. The number of hydrogen-bond donors (Lipinski definition) is 3. The number of nitrogens with one attached hydrogen (secondary N) is 3. The Bertz CT molecular complexity index is 874. The van der Waals surface area contributed by atoms with E-state index in [-0.39, 0.29) is 35.0 Å². The molecule has 0 bridgehead atoms. The molecule has 2 unspecified atom stereocenters. The van der Waals surface area contributed by atoms with Gasteiger partial charge in [-0.1, -0.05) is 23.9 Å². The average molecular weight is 393 g/mol. The Morgan fingerprint density at radius 2 is 2.11 bits per heavy atom. The first-order valence-corrected chi connectivity index (χ1v) is 9.02. The molecule has 0 radical (unpaired) electrons. The van der Waals surface area contributed by atoms with E-state index >= 15 is 0 Å². The van der Waals surface area contributed by atoms with Gasteiger partial charge < -0.3 is 15.1 Å². The van der Waals surface area contributed by atoms with Gasteiger partial charge in [-0.15, -0.1) is 10.2 Å². The quantitative estimate of drug-likeness (QED) is 0.632. The first kappa shape index (κ1) is 18.8. The summed E-state index contributed by atoms with van der Waals surface area (Å²) >= 11 is 0.993. The van der Waals surface area contributed by atoms with Crippen molar-refractivity contribution in [2.24, 2.45) is 5.92 Å². The number of rotatable bonds is 6. The van der Waals surface area contributed by atoms with Gasteiger partial charge >= 0.3 is 6.03 Å². The Morgan fingerprint density at radius 1 is 1.33 bits per heavy atom. The Labute approximate surface area is 157 Å². The number of carbonyl (C=O) groups excluding carboxylic acids is 3. The summed E-state index contributed by atoms with van der Waals surface area (Å²) in [5.41, 5.74) is 0.0914.